The van der Waals surface area contributed by atoms with E-state index in [1.165, 1.54) is 0 Å². The minimum absolute atomic E-state index is 0. The Balaban J connectivity index is 0. The molecule has 0 amide bonds. The van der Waals surface area contributed by atoms with Gasteiger partial charge in [0.05, 0.1) is 0 Å². The van der Waals surface area contributed by atoms with Crippen LogP contribution in [-0.2, 0) is 0 Å². The first-order chi connectivity index (χ1) is 0. The normalized spacial score (nSPS) is 0. The molecule has 0 aromatic rings. The molecular formula is H4ArCl4. The Morgan fingerprint density at radius 1 is 0.400 bits per heavy atom. The fourth-order valence-corrected chi connectivity index (χ4v) is 0. The Morgan fingerprint density at radius 3 is 0.400 bits per heavy atom. The van der Waals surface area contributed by atoms with Crippen LogP contribution in [0.2, 0.25) is 0 Å². The van der Waals surface area contributed by atoms with Gasteiger partial charge in [0, 0.05) is 37.7 Å². The van der Waals surface area contributed by atoms with Crippen molar-refractivity contribution in [3.63, 3.8) is 0 Å². The summed E-state index contributed by atoms with van der Waals surface area (Å²) in [4.78, 5) is 0. The zero-order valence-corrected chi connectivity index (χ0v) is 5.96. The average molecular weight is 186 g/mol. The molecule has 40 valence electrons. The molecule has 0 bridgehead atoms. The Hall–Kier alpha value is 2.42. The Morgan fingerprint density at radius 2 is 0.400 bits per heavy atom. The fourth-order valence-electron chi connectivity index (χ4n) is 0. The van der Waals surface area contributed by atoms with E-state index in [-0.39, 0.29) is 87.4 Å². The van der Waals surface area contributed by atoms with E-state index in [4.69, 9.17) is 0 Å². The van der Waals surface area contributed by atoms with E-state index < -0.39 is 0 Å². The van der Waals surface area contributed by atoms with E-state index in [2.05, 4.69) is 0 Å². The molecule has 0 nitrogen and oxygen atoms in total. The predicted octanol–water partition coefficient (Wildman–Crippen LogP) is 1.69. The summed E-state index contributed by atoms with van der Waals surface area (Å²) in [5, 5.41) is 0. The number of hydrogen-bond acceptors (Lipinski definition) is 0. The van der Waals surface area contributed by atoms with Gasteiger partial charge in [-0.15, -0.1) is 49.6 Å². The zero-order chi connectivity index (χ0) is 0. The molecule has 0 aliphatic carbocycles. The van der Waals surface area contributed by atoms with Gasteiger partial charge in [-0.3, -0.25) is 0 Å². The fraction of sp³-hybridized carbons (Fsp3) is 0. The van der Waals surface area contributed by atoms with Gasteiger partial charge in [-0.2, -0.15) is 0 Å². The monoisotopic (exact) mass is 184 g/mol. The van der Waals surface area contributed by atoms with Crippen molar-refractivity contribution in [2.75, 3.05) is 0 Å². The summed E-state index contributed by atoms with van der Waals surface area (Å²) in [5.74, 6) is 0. The standard InChI is InChI=1S/Ar.4ClH/h;4*1H. The predicted molar refractivity (Wildman–Crippen MR) is 29.0 cm³/mol. The smallest absolute Gasteiger partial charge is 0 e. The summed E-state index contributed by atoms with van der Waals surface area (Å²) in [5.41, 5.74) is 0. The van der Waals surface area contributed by atoms with Crippen LogP contribution in [0.4, 0.5) is 0 Å². The van der Waals surface area contributed by atoms with Crippen LogP contribution in [0.25, 0.3) is 0 Å². The van der Waals surface area contributed by atoms with Crippen LogP contribution >= 0.6 is 49.6 Å². The first kappa shape index (κ1) is 52.2. The first-order valence-corrected chi connectivity index (χ1v) is 0. The van der Waals surface area contributed by atoms with E-state index in [0.717, 1.165) is 0 Å². The van der Waals surface area contributed by atoms with Gasteiger partial charge >= 0.3 is 0 Å². The summed E-state index contributed by atoms with van der Waals surface area (Å²) in [7, 11) is 0. The molecule has 0 fully saturated rings. The van der Waals surface area contributed by atoms with Gasteiger partial charge in [-0.05, 0) is 0 Å². The quantitative estimate of drug-likeness (QED) is 0.539. The minimum Gasteiger partial charge on any atom is -0.147 e. The second-order valence-electron chi connectivity index (χ2n) is 0. The summed E-state index contributed by atoms with van der Waals surface area (Å²) in [6, 6.07) is 0. The molecule has 0 unspecified atom stereocenters. The van der Waals surface area contributed by atoms with E-state index >= 15 is 0 Å². The Kier molecular flexibility index (Phi) is 336. The second kappa shape index (κ2) is 32.2. The van der Waals surface area contributed by atoms with Crippen LogP contribution in [0.5, 0.6) is 0 Å². The second-order valence-corrected chi connectivity index (χ2v) is 0. The van der Waals surface area contributed by atoms with Crippen LogP contribution in [-0.4, -0.2) is 0 Å². The van der Waals surface area contributed by atoms with Gasteiger partial charge in [0.15, 0.2) is 0 Å². The Labute approximate surface area is 86.1 Å². The van der Waals surface area contributed by atoms with Gasteiger partial charge in [-0.25, -0.2) is 0 Å². The summed E-state index contributed by atoms with van der Waals surface area (Å²) in [6.07, 6.45) is 0. The maximum Gasteiger partial charge on any atom is 0 e. The molecule has 0 rings (SSSR count). The van der Waals surface area contributed by atoms with Gasteiger partial charge < -0.3 is 0 Å². The molecule has 0 aromatic heterocycles. The van der Waals surface area contributed by atoms with Gasteiger partial charge in [0.1, 0.15) is 0 Å². The molecule has 0 atom stereocenters. The zero-order valence-electron chi connectivity index (χ0n) is 1.99. The van der Waals surface area contributed by atoms with E-state index in [1.807, 2.05) is 0 Å². The van der Waals surface area contributed by atoms with Crippen molar-refractivity contribution in [3.05, 3.63) is 0 Å². The van der Waals surface area contributed by atoms with Crippen molar-refractivity contribution < 1.29 is 37.7 Å². The molecule has 0 spiro atoms. The van der Waals surface area contributed by atoms with Crippen molar-refractivity contribution in [1.82, 2.24) is 0 Å². The topological polar surface area (TPSA) is 0 Å². The third-order valence-corrected chi connectivity index (χ3v) is 0. The van der Waals surface area contributed by atoms with Crippen molar-refractivity contribution in [1.29, 1.82) is 0 Å². The molecule has 5 heavy (non-hydrogen) atoms. The van der Waals surface area contributed by atoms with Crippen molar-refractivity contribution >= 4 is 49.6 Å². The molecule has 0 radical (unpaired) electrons. The summed E-state index contributed by atoms with van der Waals surface area (Å²) in [6.45, 7) is 0. The molecule has 0 aliphatic rings. The molecule has 0 saturated carbocycles. The number of rotatable bonds is 0. The summed E-state index contributed by atoms with van der Waals surface area (Å²) < 4.78 is 0. The van der Waals surface area contributed by atoms with Crippen LogP contribution in [0, 0.1) is 37.7 Å². The maximum atomic E-state index is 0. The third-order valence-electron chi connectivity index (χ3n) is 0. The van der Waals surface area contributed by atoms with Crippen molar-refractivity contribution in [2.45, 2.75) is 0 Å². The van der Waals surface area contributed by atoms with Crippen LogP contribution in [0.15, 0.2) is 0 Å². The first-order valence-electron chi connectivity index (χ1n) is 0. The molecule has 0 N–H and O–H groups in total. The van der Waals surface area contributed by atoms with Gasteiger partial charge in [0.2, 0.25) is 0 Å². The molecule has 0 saturated heterocycles. The molecule has 5 heteroatoms. The van der Waals surface area contributed by atoms with E-state index in [1.54, 1.807) is 0 Å². The number of hydrogen-bond donors (Lipinski definition) is 0. The molecular weight excluding hydrogens is 182 g/mol. The van der Waals surface area contributed by atoms with Crippen molar-refractivity contribution in [2.24, 2.45) is 0 Å². The SMILES string of the molecule is Cl.Cl.Cl.Cl.[Ar]. The minimum atomic E-state index is 0. The molecule has 0 aromatic carbocycles. The Bertz CT molecular complexity index is 3.61. The van der Waals surface area contributed by atoms with Gasteiger partial charge in [0.25, 0.3) is 0 Å². The maximum absolute atomic E-state index is 0. The van der Waals surface area contributed by atoms with E-state index in [9.17, 15) is 0 Å². The van der Waals surface area contributed by atoms with Gasteiger partial charge in [-0.1, -0.05) is 0 Å². The van der Waals surface area contributed by atoms with E-state index in [0.29, 0.717) is 0 Å². The summed E-state index contributed by atoms with van der Waals surface area (Å²) >= 11 is 0. The van der Waals surface area contributed by atoms with Crippen LogP contribution < -0.4 is 0 Å². The van der Waals surface area contributed by atoms with Crippen LogP contribution in [0.1, 0.15) is 0 Å². The average Bonchev–Trinajstić information content (AvgIpc) is 0. The number of halogens is 4. The van der Waals surface area contributed by atoms with Crippen molar-refractivity contribution in [3.8, 4) is 0 Å². The molecule has 0 heterocycles. The van der Waals surface area contributed by atoms with Crippen LogP contribution in [0.3, 0.4) is 0 Å². The third kappa shape index (κ3) is 21.4. The molecule has 0 aliphatic heterocycles. The largest absolute Gasteiger partial charge is 0.147 e.